The Morgan fingerprint density at radius 1 is 1.07 bits per heavy atom. The molecule has 3 aliphatic carbocycles. The molecule has 0 aromatic carbocycles. The highest BCUT2D eigenvalue weighted by atomic mass is 19.3. The number of urea groups is 1. The molecule has 13 heteroatoms. The molecule has 6 amide bonds. The predicted molar refractivity (Wildman–Crippen MR) is 150 cm³/mol. The van der Waals surface area contributed by atoms with Crippen LogP contribution in [0.5, 0.6) is 0 Å². The highest BCUT2D eigenvalue weighted by Gasteiger charge is 2.77. The van der Waals surface area contributed by atoms with Gasteiger partial charge in [0.1, 0.15) is 12.1 Å². The molecule has 6 N–H and O–H groups in total. The van der Waals surface area contributed by atoms with E-state index in [-0.39, 0.29) is 61.0 Å². The molecule has 6 aliphatic rings. The predicted octanol–water partition coefficient (Wildman–Crippen LogP) is 1.34. The zero-order chi connectivity index (χ0) is 31.7. The molecule has 3 saturated heterocycles. The maximum Gasteiger partial charge on any atom is 0.315 e. The van der Waals surface area contributed by atoms with E-state index in [0.29, 0.717) is 6.42 Å². The van der Waals surface area contributed by atoms with E-state index in [0.717, 1.165) is 12.8 Å². The second-order valence-electron chi connectivity index (χ2n) is 15.9. The molecule has 0 radical (unpaired) electrons. The lowest BCUT2D eigenvalue weighted by atomic mass is 9.50. The quantitative estimate of drug-likeness (QED) is 0.343. The topological polar surface area (TPSA) is 168 Å². The van der Waals surface area contributed by atoms with Gasteiger partial charge in [-0.2, -0.15) is 0 Å². The molecular formula is C30H44F2N6O5. The summed E-state index contributed by atoms with van der Waals surface area (Å²) in [6, 6.07) is -4.02. The third-order valence-corrected chi connectivity index (χ3v) is 12.0. The Bertz CT molecular complexity index is 1290. The van der Waals surface area contributed by atoms with Crippen molar-refractivity contribution in [1.82, 2.24) is 20.4 Å². The summed E-state index contributed by atoms with van der Waals surface area (Å²) < 4.78 is 30.2. The lowest BCUT2D eigenvalue weighted by Crippen LogP contribution is -2.81. The number of hydrogen-bond acceptors (Lipinski definition) is 5. The molecule has 2 unspecified atom stereocenters. The Morgan fingerprint density at radius 3 is 2.19 bits per heavy atom. The van der Waals surface area contributed by atoms with Crippen LogP contribution in [0.4, 0.5) is 13.6 Å². The maximum absolute atomic E-state index is 15.1. The number of nitrogens with two attached hydrogens (primary N) is 2. The van der Waals surface area contributed by atoms with Crippen molar-refractivity contribution in [2.75, 3.05) is 13.1 Å². The summed E-state index contributed by atoms with van der Waals surface area (Å²) in [6.07, 6.45) is 2.27. The molecule has 0 aromatic rings. The molecule has 0 bridgehead atoms. The SMILES string of the molecule is CC(C)(C)[C@H](C(=O)N1C[C@H]2[C@@H]([C@H]1C(=O)N[C@@H](C[C@@H]1CC3(CC3)NC1=O)C(N)=O)C2(C)C)C1N(C(N)=O)CC12CCC2(F)F. The van der Waals surface area contributed by atoms with Crippen molar-refractivity contribution < 1.29 is 32.8 Å². The van der Waals surface area contributed by atoms with E-state index >= 15 is 8.78 Å². The van der Waals surface area contributed by atoms with E-state index in [1.807, 2.05) is 13.8 Å². The number of halogens is 2. The van der Waals surface area contributed by atoms with Crippen molar-refractivity contribution in [1.29, 1.82) is 0 Å². The van der Waals surface area contributed by atoms with Gasteiger partial charge >= 0.3 is 6.03 Å². The van der Waals surface area contributed by atoms with E-state index in [1.54, 1.807) is 20.8 Å². The van der Waals surface area contributed by atoms with Gasteiger partial charge in [-0.1, -0.05) is 34.6 Å². The van der Waals surface area contributed by atoms with E-state index in [2.05, 4.69) is 10.6 Å². The molecule has 8 atom stereocenters. The Balaban J connectivity index is 1.27. The molecule has 43 heavy (non-hydrogen) atoms. The van der Waals surface area contributed by atoms with Crippen LogP contribution in [0, 0.1) is 39.9 Å². The van der Waals surface area contributed by atoms with Gasteiger partial charge in [0.05, 0.1) is 17.4 Å². The number of fused-ring (bicyclic) bond motifs is 1. The van der Waals surface area contributed by atoms with Crippen LogP contribution >= 0.6 is 0 Å². The van der Waals surface area contributed by atoms with Crippen molar-refractivity contribution in [3.05, 3.63) is 0 Å². The average Bonchev–Trinajstić information content (AvgIpc) is 3.58. The van der Waals surface area contributed by atoms with Gasteiger partial charge in [0.2, 0.25) is 23.6 Å². The summed E-state index contributed by atoms with van der Waals surface area (Å²) >= 11 is 0. The summed E-state index contributed by atoms with van der Waals surface area (Å²) in [4.78, 5) is 68.5. The van der Waals surface area contributed by atoms with Crippen LogP contribution in [-0.2, 0) is 19.2 Å². The first kappa shape index (κ1) is 30.1. The van der Waals surface area contributed by atoms with Crippen LogP contribution in [0.15, 0.2) is 0 Å². The van der Waals surface area contributed by atoms with Crippen LogP contribution in [0.2, 0.25) is 0 Å². The van der Waals surface area contributed by atoms with Crippen LogP contribution in [-0.4, -0.2) is 82.1 Å². The molecule has 0 aromatic heterocycles. The normalized spacial score (nSPS) is 37.1. The Morgan fingerprint density at radius 2 is 1.72 bits per heavy atom. The third kappa shape index (κ3) is 4.34. The maximum atomic E-state index is 15.1. The van der Waals surface area contributed by atoms with Crippen molar-refractivity contribution in [2.45, 2.75) is 103 Å². The summed E-state index contributed by atoms with van der Waals surface area (Å²) in [6.45, 7) is 9.39. The molecular weight excluding hydrogens is 562 g/mol. The Kier molecular flexibility index (Phi) is 6.31. The number of piperidine rings is 1. The number of alkyl halides is 2. The second-order valence-corrected chi connectivity index (χ2v) is 15.9. The van der Waals surface area contributed by atoms with Crippen molar-refractivity contribution in [3.63, 3.8) is 0 Å². The molecule has 3 aliphatic heterocycles. The van der Waals surface area contributed by atoms with E-state index in [4.69, 9.17) is 11.5 Å². The molecule has 2 spiro atoms. The van der Waals surface area contributed by atoms with Crippen molar-refractivity contribution in [2.24, 2.45) is 51.4 Å². The lowest BCUT2D eigenvalue weighted by molar-refractivity contribution is -0.290. The smallest absolute Gasteiger partial charge is 0.315 e. The highest BCUT2D eigenvalue weighted by Crippen LogP contribution is 2.67. The van der Waals surface area contributed by atoms with Crippen molar-refractivity contribution >= 4 is 29.7 Å². The monoisotopic (exact) mass is 606 g/mol. The third-order valence-electron chi connectivity index (χ3n) is 12.0. The second kappa shape index (κ2) is 9.03. The van der Waals surface area contributed by atoms with Crippen LogP contribution in [0.25, 0.3) is 0 Å². The van der Waals surface area contributed by atoms with Gasteiger partial charge in [-0.25, -0.2) is 13.6 Å². The minimum absolute atomic E-state index is 0.00270. The number of amides is 6. The number of likely N-dealkylation sites (tertiary alicyclic amines) is 2. The molecule has 3 heterocycles. The molecule has 238 valence electrons. The van der Waals surface area contributed by atoms with Gasteiger partial charge in [-0.15, -0.1) is 0 Å². The van der Waals surface area contributed by atoms with Gasteiger partial charge in [0, 0.05) is 31.0 Å². The lowest BCUT2D eigenvalue weighted by Gasteiger charge is -2.67. The summed E-state index contributed by atoms with van der Waals surface area (Å²) in [5.41, 5.74) is 8.47. The van der Waals surface area contributed by atoms with Gasteiger partial charge in [0.15, 0.2) is 0 Å². The zero-order valence-corrected chi connectivity index (χ0v) is 25.5. The Hall–Kier alpha value is -2.99. The number of hydrogen-bond donors (Lipinski definition) is 4. The van der Waals surface area contributed by atoms with Gasteiger partial charge in [-0.3, -0.25) is 19.2 Å². The number of carbonyl (C=O) groups excluding carboxylic acids is 5. The summed E-state index contributed by atoms with van der Waals surface area (Å²) in [5.74, 6) is -6.70. The van der Waals surface area contributed by atoms with Gasteiger partial charge < -0.3 is 31.9 Å². The number of primary amides is 2. The molecule has 6 rings (SSSR count). The fourth-order valence-electron chi connectivity index (χ4n) is 9.00. The fourth-order valence-corrected chi connectivity index (χ4v) is 9.00. The van der Waals surface area contributed by atoms with E-state index in [9.17, 15) is 24.0 Å². The molecule has 11 nitrogen and oxygen atoms in total. The first-order chi connectivity index (χ1) is 19.8. The summed E-state index contributed by atoms with van der Waals surface area (Å²) in [5, 5.41) is 5.74. The van der Waals surface area contributed by atoms with Gasteiger partial charge in [-0.05, 0) is 54.8 Å². The first-order valence-electron chi connectivity index (χ1n) is 15.4. The largest absolute Gasteiger partial charge is 0.368 e. The molecule has 3 saturated carbocycles. The van der Waals surface area contributed by atoms with E-state index < -0.39 is 70.5 Å². The minimum Gasteiger partial charge on any atom is -0.368 e. The summed E-state index contributed by atoms with van der Waals surface area (Å²) in [7, 11) is 0. The number of nitrogens with zero attached hydrogens (tertiary/aromatic N) is 2. The fraction of sp³-hybridized carbons (Fsp3) is 0.833. The Labute approximate surface area is 250 Å². The number of nitrogens with one attached hydrogen (secondary N) is 2. The average molecular weight is 607 g/mol. The van der Waals surface area contributed by atoms with Crippen molar-refractivity contribution in [3.8, 4) is 0 Å². The minimum atomic E-state index is -3.04. The van der Waals surface area contributed by atoms with Crippen LogP contribution in [0.1, 0.15) is 73.1 Å². The number of carbonyl (C=O) groups is 5. The van der Waals surface area contributed by atoms with Crippen LogP contribution in [0.3, 0.4) is 0 Å². The zero-order valence-electron chi connectivity index (χ0n) is 25.5. The first-order valence-corrected chi connectivity index (χ1v) is 15.4. The van der Waals surface area contributed by atoms with Gasteiger partial charge in [0.25, 0.3) is 5.92 Å². The highest BCUT2D eigenvalue weighted by molar-refractivity contribution is 5.94. The van der Waals surface area contributed by atoms with E-state index in [1.165, 1.54) is 9.80 Å². The van der Waals surface area contributed by atoms with Crippen LogP contribution < -0.4 is 22.1 Å². The standard InChI is InChI=1S/C30H44F2N6O5/c1-26(2,3)18(20-29(8-9-30(29,31)32)13-38(20)25(34)43)24(42)37-12-15-17(27(15,4)5)19(37)23(41)35-16(21(33)39)10-14-11-28(6-7-28)36-22(14)40/h14-20H,6-13H2,1-5H3,(H2,33,39)(H2,34,43)(H,35,41)(H,36,40)/t14-,15+,16+,17+,18+,19+,20?,29?/m1/s1. The number of rotatable bonds is 7. The molecule has 6 fully saturated rings.